The predicted molar refractivity (Wildman–Crippen MR) is 63.0 cm³/mol. The quantitative estimate of drug-likeness (QED) is 0.623. The molecule has 88 valence electrons. The molecule has 2 atom stereocenters. The van der Waals surface area contributed by atoms with E-state index in [0.717, 1.165) is 19.4 Å². The second kappa shape index (κ2) is 5.72. The van der Waals surface area contributed by atoms with Crippen LogP contribution in [0.25, 0.3) is 0 Å². The first-order valence-corrected chi connectivity index (χ1v) is 6.67. The Labute approximate surface area is 95.2 Å². The normalized spacial score (nSPS) is 24.9. The van der Waals surface area contributed by atoms with E-state index in [1.165, 1.54) is 0 Å². The largest absolute Gasteiger partial charge is 0.387 e. The van der Waals surface area contributed by atoms with Crippen molar-refractivity contribution in [2.24, 2.45) is 0 Å². The standard InChI is InChI=1S/C10H20N2O2S/c1-10(14,7-15-2)6-12-9(13)8-4-3-5-11-8/h8,11,14H,3-7H2,1-2H3,(H,12,13). The number of nitrogens with one attached hydrogen (secondary N) is 2. The first kappa shape index (κ1) is 12.8. The van der Waals surface area contributed by atoms with Crippen LogP contribution in [-0.2, 0) is 4.79 Å². The molecule has 1 amide bonds. The lowest BCUT2D eigenvalue weighted by Crippen LogP contribution is -2.47. The van der Waals surface area contributed by atoms with Gasteiger partial charge in [-0.1, -0.05) is 0 Å². The molecule has 1 heterocycles. The van der Waals surface area contributed by atoms with Crippen LogP contribution in [0.2, 0.25) is 0 Å². The third kappa shape index (κ3) is 4.40. The van der Waals surface area contributed by atoms with Crippen molar-refractivity contribution < 1.29 is 9.90 Å². The maximum absolute atomic E-state index is 11.6. The van der Waals surface area contributed by atoms with Crippen molar-refractivity contribution in [2.45, 2.75) is 31.4 Å². The topological polar surface area (TPSA) is 61.4 Å². The third-order valence-electron chi connectivity index (χ3n) is 2.48. The minimum Gasteiger partial charge on any atom is -0.387 e. The Bertz CT molecular complexity index is 215. The maximum Gasteiger partial charge on any atom is 0.237 e. The lowest BCUT2D eigenvalue weighted by molar-refractivity contribution is -0.123. The van der Waals surface area contributed by atoms with Gasteiger partial charge in [-0.3, -0.25) is 4.79 Å². The Balaban J connectivity index is 2.26. The number of hydrogen-bond donors (Lipinski definition) is 3. The zero-order valence-electron chi connectivity index (χ0n) is 9.38. The summed E-state index contributed by atoms with van der Waals surface area (Å²) in [4.78, 5) is 11.6. The smallest absolute Gasteiger partial charge is 0.237 e. The van der Waals surface area contributed by atoms with Crippen LogP contribution in [0.5, 0.6) is 0 Å². The fourth-order valence-electron chi connectivity index (χ4n) is 1.67. The lowest BCUT2D eigenvalue weighted by Gasteiger charge is -2.23. The van der Waals surface area contributed by atoms with E-state index in [-0.39, 0.29) is 11.9 Å². The Morgan fingerprint density at radius 2 is 2.47 bits per heavy atom. The molecule has 0 spiro atoms. The number of carbonyl (C=O) groups is 1. The summed E-state index contributed by atoms with van der Waals surface area (Å²) in [5, 5.41) is 15.8. The molecule has 0 saturated carbocycles. The molecule has 0 aromatic rings. The van der Waals surface area contributed by atoms with E-state index in [4.69, 9.17) is 0 Å². The highest BCUT2D eigenvalue weighted by Gasteiger charge is 2.25. The molecule has 1 rings (SSSR count). The Kier molecular flexibility index (Phi) is 4.89. The monoisotopic (exact) mass is 232 g/mol. The molecule has 1 fully saturated rings. The van der Waals surface area contributed by atoms with Crippen LogP contribution in [0.15, 0.2) is 0 Å². The van der Waals surface area contributed by atoms with Crippen LogP contribution in [0.4, 0.5) is 0 Å². The molecular formula is C10H20N2O2S. The summed E-state index contributed by atoms with van der Waals surface area (Å²) in [7, 11) is 0. The summed E-state index contributed by atoms with van der Waals surface area (Å²) in [6.45, 7) is 2.98. The second-order valence-electron chi connectivity index (χ2n) is 4.30. The zero-order valence-corrected chi connectivity index (χ0v) is 10.2. The van der Waals surface area contributed by atoms with E-state index in [9.17, 15) is 9.90 Å². The molecule has 2 unspecified atom stereocenters. The molecule has 4 nitrogen and oxygen atoms in total. The second-order valence-corrected chi connectivity index (χ2v) is 5.16. The van der Waals surface area contributed by atoms with Crippen molar-refractivity contribution in [1.82, 2.24) is 10.6 Å². The van der Waals surface area contributed by atoms with Crippen molar-refractivity contribution in [3.63, 3.8) is 0 Å². The van der Waals surface area contributed by atoms with Gasteiger partial charge in [-0.25, -0.2) is 0 Å². The molecule has 0 radical (unpaired) electrons. The van der Waals surface area contributed by atoms with Crippen molar-refractivity contribution in [3.8, 4) is 0 Å². The van der Waals surface area contributed by atoms with Gasteiger partial charge >= 0.3 is 0 Å². The first-order chi connectivity index (χ1) is 7.05. The molecule has 0 bridgehead atoms. The molecule has 0 aromatic heterocycles. The highest BCUT2D eigenvalue weighted by atomic mass is 32.2. The van der Waals surface area contributed by atoms with Crippen LogP contribution in [0.1, 0.15) is 19.8 Å². The summed E-state index contributed by atoms with van der Waals surface area (Å²) in [5.74, 6) is 0.639. The van der Waals surface area contributed by atoms with E-state index in [2.05, 4.69) is 10.6 Å². The summed E-state index contributed by atoms with van der Waals surface area (Å²) in [6, 6.07) is -0.0601. The fourth-order valence-corrected chi connectivity index (χ4v) is 2.40. The van der Waals surface area contributed by atoms with Gasteiger partial charge in [-0.05, 0) is 32.6 Å². The van der Waals surface area contributed by atoms with E-state index >= 15 is 0 Å². The molecule has 1 saturated heterocycles. The molecular weight excluding hydrogens is 212 g/mol. The van der Waals surface area contributed by atoms with Crippen molar-refractivity contribution in [3.05, 3.63) is 0 Å². The van der Waals surface area contributed by atoms with Gasteiger partial charge < -0.3 is 15.7 Å². The molecule has 0 aliphatic carbocycles. The number of carbonyl (C=O) groups excluding carboxylic acids is 1. The molecule has 1 aliphatic heterocycles. The van der Waals surface area contributed by atoms with Gasteiger partial charge in [0, 0.05) is 12.3 Å². The van der Waals surface area contributed by atoms with E-state index in [1.54, 1.807) is 18.7 Å². The summed E-state index contributed by atoms with van der Waals surface area (Å²) >= 11 is 1.58. The average molecular weight is 232 g/mol. The molecule has 0 aromatic carbocycles. The van der Waals surface area contributed by atoms with Crippen LogP contribution in [0, 0.1) is 0 Å². The number of thioether (sulfide) groups is 1. The van der Waals surface area contributed by atoms with Gasteiger partial charge in [-0.15, -0.1) is 0 Å². The van der Waals surface area contributed by atoms with Crippen LogP contribution >= 0.6 is 11.8 Å². The number of aliphatic hydroxyl groups is 1. The SMILES string of the molecule is CSCC(C)(O)CNC(=O)C1CCCN1. The van der Waals surface area contributed by atoms with E-state index in [1.807, 2.05) is 6.26 Å². The highest BCUT2D eigenvalue weighted by molar-refractivity contribution is 7.98. The first-order valence-electron chi connectivity index (χ1n) is 5.27. The summed E-state index contributed by atoms with van der Waals surface area (Å²) < 4.78 is 0. The van der Waals surface area contributed by atoms with Gasteiger partial charge in [0.05, 0.1) is 11.6 Å². The van der Waals surface area contributed by atoms with Gasteiger partial charge in [0.2, 0.25) is 5.91 Å². The van der Waals surface area contributed by atoms with Crippen LogP contribution < -0.4 is 10.6 Å². The zero-order chi connectivity index (χ0) is 11.3. The molecule has 1 aliphatic rings. The molecule has 3 N–H and O–H groups in total. The van der Waals surface area contributed by atoms with Crippen LogP contribution in [0.3, 0.4) is 0 Å². The van der Waals surface area contributed by atoms with Gasteiger partial charge in [-0.2, -0.15) is 11.8 Å². The number of amides is 1. The fraction of sp³-hybridized carbons (Fsp3) is 0.900. The van der Waals surface area contributed by atoms with Crippen molar-refractivity contribution in [1.29, 1.82) is 0 Å². The number of rotatable bonds is 5. The number of hydrogen-bond acceptors (Lipinski definition) is 4. The lowest BCUT2D eigenvalue weighted by atomic mass is 10.1. The van der Waals surface area contributed by atoms with Crippen LogP contribution in [-0.4, -0.2) is 47.8 Å². The van der Waals surface area contributed by atoms with Gasteiger partial charge in [0.25, 0.3) is 0 Å². The highest BCUT2D eigenvalue weighted by Crippen LogP contribution is 2.10. The Hall–Kier alpha value is -0.260. The molecule has 15 heavy (non-hydrogen) atoms. The Morgan fingerprint density at radius 1 is 1.73 bits per heavy atom. The van der Waals surface area contributed by atoms with E-state index < -0.39 is 5.60 Å². The van der Waals surface area contributed by atoms with Gasteiger partial charge in [0.15, 0.2) is 0 Å². The van der Waals surface area contributed by atoms with Gasteiger partial charge in [0.1, 0.15) is 0 Å². The van der Waals surface area contributed by atoms with E-state index in [0.29, 0.717) is 12.3 Å². The summed E-state index contributed by atoms with van der Waals surface area (Å²) in [6.07, 6.45) is 3.89. The minimum atomic E-state index is -0.812. The predicted octanol–water partition coefficient (Wildman–Crippen LogP) is -0.0314. The minimum absolute atomic E-state index is 0.00822. The third-order valence-corrected chi connectivity index (χ3v) is 3.39. The average Bonchev–Trinajstić information content (AvgIpc) is 2.67. The van der Waals surface area contributed by atoms with Crippen molar-refractivity contribution in [2.75, 3.05) is 25.1 Å². The maximum atomic E-state index is 11.6. The Morgan fingerprint density at radius 3 is 3.00 bits per heavy atom. The molecule has 5 heteroatoms. The van der Waals surface area contributed by atoms with Crippen molar-refractivity contribution >= 4 is 17.7 Å². The summed E-state index contributed by atoms with van der Waals surface area (Å²) in [5.41, 5.74) is -0.812.